The highest BCUT2D eigenvalue weighted by atomic mass is 32.2. The number of nitriles is 2. The van der Waals surface area contributed by atoms with Crippen LogP contribution in [0.15, 0.2) is 17.0 Å². The Hall–Kier alpha value is -2.09. The highest BCUT2D eigenvalue weighted by Crippen LogP contribution is 2.27. The zero-order valence-electron chi connectivity index (χ0n) is 12.3. The fraction of sp³-hybridized carbons (Fsp3) is 0.429. The normalized spacial score (nSPS) is 11.0. The van der Waals surface area contributed by atoms with E-state index in [1.54, 1.807) is 38.1 Å². The zero-order valence-corrected chi connectivity index (χ0v) is 13.2. The molecular weight excluding hydrogens is 288 g/mol. The SMILES string of the molecule is CCNc1cc(C)c(S(=O)(=O)N(CC#N)CC#N)c(C)c1. The second-order valence-electron chi connectivity index (χ2n) is 4.56. The summed E-state index contributed by atoms with van der Waals surface area (Å²) in [5.74, 6) is 0. The average Bonchev–Trinajstić information content (AvgIpc) is 2.37. The molecule has 0 bridgehead atoms. The predicted molar refractivity (Wildman–Crippen MR) is 80.1 cm³/mol. The van der Waals surface area contributed by atoms with Gasteiger partial charge in [-0.3, -0.25) is 0 Å². The van der Waals surface area contributed by atoms with Gasteiger partial charge in [-0.25, -0.2) is 8.42 Å². The number of aryl methyl sites for hydroxylation is 2. The Morgan fingerprint density at radius 3 is 2.00 bits per heavy atom. The molecule has 0 atom stereocenters. The van der Waals surface area contributed by atoms with Crippen LogP contribution >= 0.6 is 0 Å². The largest absolute Gasteiger partial charge is 0.385 e. The molecule has 21 heavy (non-hydrogen) atoms. The summed E-state index contributed by atoms with van der Waals surface area (Å²) >= 11 is 0. The molecule has 0 unspecified atom stereocenters. The molecule has 1 aromatic carbocycles. The Balaban J connectivity index is 3.38. The fourth-order valence-corrected chi connectivity index (χ4v) is 3.82. The standard InChI is InChI=1S/C14H18N4O2S/c1-4-17-13-9-11(2)14(12(3)10-13)21(19,20)18(7-5-15)8-6-16/h9-10,17H,4,7-8H2,1-3H3. The smallest absolute Gasteiger partial charge is 0.245 e. The Kier molecular flexibility index (Phi) is 5.71. The van der Waals surface area contributed by atoms with Crippen LogP contribution in [0.25, 0.3) is 0 Å². The lowest BCUT2D eigenvalue weighted by atomic mass is 10.1. The van der Waals surface area contributed by atoms with E-state index < -0.39 is 10.0 Å². The van der Waals surface area contributed by atoms with Gasteiger partial charge in [0.25, 0.3) is 0 Å². The Bertz CT molecular complexity index is 660. The third-order valence-corrected chi connectivity index (χ3v) is 5.03. The van der Waals surface area contributed by atoms with E-state index in [9.17, 15) is 8.42 Å². The molecule has 0 radical (unpaired) electrons. The van der Waals surface area contributed by atoms with Crippen LogP contribution in [-0.4, -0.2) is 32.4 Å². The average molecular weight is 306 g/mol. The van der Waals surface area contributed by atoms with Crippen LogP contribution in [0.2, 0.25) is 0 Å². The Morgan fingerprint density at radius 2 is 1.62 bits per heavy atom. The Morgan fingerprint density at radius 1 is 1.14 bits per heavy atom. The number of hydrogen-bond acceptors (Lipinski definition) is 5. The molecule has 0 aliphatic heterocycles. The first-order valence-corrected chi connectivity index (χ1v) is 7.91. The minimum atomic E-state index is -3.86. The van der Waals surface area contributed by atoms with Gasteiger partial charge in [-0.15, -0.1) is 0 Å². The maximum absolute atomic E-state index is 12.6. The molecule has 6 nitrogen and oxygen atoms in total. The molecule has 0 spiro atoms. The van der Waals surface area contributed by atoms with Crippen molar-refractivity contribution in [3.63, 3.8) is 0 Å². The molecule has 1 N–H and O–H groups in total. The molecule has 0 saturated carbocycles. The molecule has 1 aromatic rings. The van der Waals surface area contributed by atoms with Gasteiger partial charge in [0.1, 0.15) is 13.1 Å². The van der Waals surface area contributed by atoms with Gasteiger partial charge in [-0.1, -0.05) is 0 Å². The lowest BCUT2D eigenvalue weighted by Gasteiger charge is -2.20. The fourth-order valence-electron chi connectivity index (χ4n) is 2.18. The molecular formula is C14H18N4O2S. The molecule has 112 valence electrons. The molecule has 0 saturated heterocycles. The maximum Gasteiger partial charge on any atom is 0.245 e. The number of hydrogen-bond donors (Lipinski definition) is 1. The lowest BCUT2D eigenvalue weighted by molar-refractivity contribution is 0.478. The van der Waals surface area contributed by atoms with Crippen LogP contribution in [0.3, 0.4) is 0 Å². The molecule has 0 heterocycles. The second-order valence-corrected chi connectivity index (χ2v) is 6.43. The van der Waals surface area contributed by atoms with Crippen molar-refractivity contribution in [3.8, 4) is 12.1 Å². The summed E-state index contributed by atoms with van der Waals surface area (Å²) in [4.78, 5) is 0.162. The Labute approximate surface area is 125 Å². The summed E-state index contributed by atoms with van der Waals surface area (Å²) in [5, 5.41) is 20.6. The van der Waals surface area contributed by atoms with E-state index in [-0.39, 0.29) is 18.0 Å². The summed E-state index contributed by atoms with van der Waals surface area (Å²) in [6, 6.07) is 7.07. The maximum atomic E-state index is 12.6. The monoisotopic (exact) mass is 306 g/mol. The van der Waals surface area contributed by atoms with Gasteiger partial charge in [0, 0.05) is 12.2 Å². The summed E-state index contributed by atoms with van der Waals surface area (Å²) in [6.45, 7) is 5.42. The van der Waals surface area contributed by atoms with E-state index >= 15 is 0 Å². The van der Waals surface area contributed by atoms with Crippen LogP contribution in [0.5, 0.6) is 0 Å². The minimum Gasteiger partial charge on any atom is -0.385 e. The number of nitrogens with one attached hydrogen (secondary N) is 1. The van der Waals surface area contributed by atoms with Gasteiger partial charge < -0.3 is 5.32 Å². The molecule has 0 aliphatic carbocycles. The molecule has 1 rings (SSSR count). The van der Waals surface area contributed by atoms with E-state index in [2.05, 4.69) is 5.32 Å². The van der Waals surface area contributed by atoms with Gasteiger partial charge in [0.15, 0.2) is 0 Å². The summed E-state index contributed by atoms with van der Waals surface area (Å²) < 4.78 is 26.1. The van der Waals surface area contributed by atoms with Gasteiger partial charge in [0.05, 0.1) is 17.0 Å². The van der Waals surface area contributed by atoms with Crippen molar-refractivity contribution >= 4 is 15.7 Å². The molecule has 7 heteroatoms. The number of nitrogens with zero attached hydrogens (tertiary/aromatic N) is 3. The highest BCUT2D eigenvalue weighted by molar-refractivity contribution is 7.89. The summed E-state index contributed by atoms with van der Waals surface area (Å²) in [7, 11) is -3.86. The van der Waals surface area contributed by atoms with Gasteiger partial charge >= 0.3 is 0 Å². The molecule has 0 aromatic heterocycles. The van der Waals surface area contributed by atoms with Crippen molar-refractivity contribution in [2.75, 3.05) is 25.0 Å². The summed E-state index contributed by atoms with van der Waals surface area (Å²) in [6.07, 6.45) is 0. The van der Waals surface area contributed by atoms with Crippen LogP contribution in [-0.2, 0) is 10.0 Å². The molecule has 0 fully saturated rings. The van der Waals surface area contributed by atoms with E-state index in [0.29, 0.717) is 11.1 Å². The van der Waals surface area contributed by atoms with Crippen molar-refractivity contribution in [3.05, 3.63) is 23.3 Å². The van der Waals surface area contributed by atoms with Crippen LogP contribution in [0, 0.1) is 36.5 Å². The third kappa shape index (κ3) is 3.72. The first kappa shape index (κ1) is 17.0. The summed E-state index contributed by atoms with van der Waals surface area (Å²) in [5.41, 5.74) is 2.03. The van der Waals surface area contributed by atoms with E-state index in [0.717, 1.165) is 16.5 Å². The van der Waals surface area contributed by atoms with Crippen LogP contribution in [0.4, 0.5) is 5.69 Å². The second kappa shape index (κ2) is 7.07. The first-order valence-electron chi connectivity index (χ1n) is 6.47. The van der Waals surface area contributed by atoms with Crippen molar-refractivity contribution in [2.45, 2.75) is 25.7 Å². The minimum absolute atomic E-state index is 0.162. The number of sulfonamides is 1. The van der Waals surface area contributed by atoms with Gasteiger partial charge in [-0.2, -0.15) is 14.8 Å². The van der Waals surface area contributed by atoms with Crippen LogP contribution in [0.1, 0.15) is 18.1 Å². The molecule has 0 aliphatic rings. The van der Waals surface area contributed by atoms with E-state index in [1.807, 2.05) is 6.92 Å². The number of anilines is 1. The predicted octanol–water partition coefficient (Wildman–Crippen LogP) is 1.77. The number of rotatable bonds is 6. The van der Waals surface area contributed by atoms with Crippen molar-refractivity contribution in [1.29, 1.82) is 10.5 Å². The van der Waals surface area contributed by atoms with E-state index in [1.165, 1.54) is 0 Å². The highest BCUT2D eigenvalue weighted by Gasteiger charge is 2.27. The quantitative estimate of drug-likeness (QED) is 0.808. The topological polar surface area (TPSA) is 97.0 Å². The third-order valence-electron chi connectivity index (χ3n) is 2.93. The number of benzene rings is 1. The van der Waals surface area contributed by atoms with Gasteiger partial charge in [0.2, 0.25) is 10.0 Å². The molecule has 0 amide bonds. The van der Waals surface area contributed by atoms with Gasteiger partial charge in [-0.05, 0) is 44.0 Å². The van der Waals surface area contributed by atoms with Crippen molar-refractivity contribution in [1.82, 2.24) is 4.31 Å². The van der Waals surface area contributed by atoms with Crippen molar-refractivity contribution in [2.24, 2.45) is 0 Å². The van der Waals surface area contributed by atoms with Crippen molar-refractivity contribution < 1.29 is 8.42 Å². The first-order chi connectivity index (χ1) is 9.88. The lowest BCUT2D eigenvalue weighted by Crippen LogP contribution is -2.32. The zero-order chi connectivity index (χ0) is 16.0. The van der Waals surface area contributed by atoms with Crippen LogP contribution < -0.4 is 5.32 Å². The van der Waals surface area contributed by atoms with E-state index in [4.69, 9.17) is 10.5 Å².